The van der Waals surface area contributed by atoms with Gasteiger partial charge in [-0.05, 0) is 74.7 Å². The normalized spacial score (nSPS) is 14.5. The second-order valence-corrected chi connectivity index (χ2v) is 12.4. The molecule has 0 heterocycles. The van der Waals surface area contributed by atoms with E-state index >= 15 is 0 Å². The summed E-state index contributed by atoms with van der Waals surface area (Å²) in [4.78, 5) is 12.2. The third-order valence-corrected chi connectivity index (χ3v) is 7.60. The molecule has 0 bridgehead atoms. The van der Waals surface area contributed by atoms with Crippen molar-refractivity contribution >= 4 is 57.8 Å². The summed E-state index contributed by atoms with van der Waals surface area (Å²) >= 11 is 18.2. The first-order valence-corrected chi connectivity index (χ1v) is 15.8. The lowest BCUT2D eigenvalue weighted by Gasteiger charge is -2.17. The van der Waals surface area contributed by atoms with Crippen LogP contribution in [0.1, 0.15) is 82.7 Å². The van der Waals surface area contributed by atoms with Crippen LogP contribution in [-0.4, -0.2) is 10.2 Å². The van der Waals surface area contributed by atoms with Gasteiger partial charge in [0.1, 0.15) is 10.0 Å². The maximum Gasteiger partial charge on any atom is 0.270 e. The van der Waals surface area contributed by atoms with Gasteiger partial charge in [0.05, 0.1) is 16.6 Å². The van der Waals surface area contributed by atoms with Crippen molar-refractivity contribution in [2.45, 2.75) is 77.7 Å². The number of alkyl halides is 5. The molecule has 3 aromatic rings. The topological polar surface area (TPSA) is 41.1 Å². The van der Waals surface area contributed by atoms with Gasteiger partial charge >= 0.3 is 0 Å². The van der Waals surface area contributed by atoms with E-state index in [9.17, 15) is 18.0 Å². The van der Waals surface area contributed by atoms with Crippen molar-refractivity contribution in [1.82, 2.24) is 0 Å². The number of hydrogen-bond donors (Lipinski definition) is 2. The van der Waals surface area contributed by atoms with Crippen LogP contribution in [0, 0.1) is 25.2 Å². The van der Waals surface area contributed by atoms with E-state index in [1.54, 1.807) is 18.2 Å². The maximum atomic E-state index is 13.4. The lowest BCUT2D eigenvalue weighted by Crippen LogP contribution is -2.16. The van der Waals surface area contributed by atoms with Crippen molar-refractivity contribution in [3.63, 3.8) is 0 Å². The highest BCUT2D eigenvalue weighted by Crippen LogP contribution is 2.53. The van der Waals surface area contributed by atoms with Gasteiger partial charge in [-0.3, -0.25) is 4.79 Å². The average molecular weight is 682 g/mol. The van der Waals surface area contributed by atoms with Crippen molar-refractivity contribution in [2.24, 2.45) is 5.92 Å². The lowest BCUT2D eigenvalue weighted by atomic mass is 9.96. The third kappa shape index (κ3) is 12.0. The molecule has 1 aliphatic carbocycles. The quantitative estimate of drug-likeness (QED) is 0.192. The van der Waals surface area contributed by atoms with Crippen LogP contribution in [0.5, 0.6) is 0 Å². The van der Waals surface area contributed by atoms with E-state index in [1.807, 2.05) is 52.8 Å². The number of aryl methyl sites for hydroxylation is 1. The molecule has 45 heavy (non-hydrogen) atoms. The fourth-order valence-electron chi connectivity index (χ4n) is 3.91. The Hall–Kier alpha value is -3.11. The Balaban J connectivity index is 0.000000475. The van der Waals surface area contributed by atoms with Crippen molar-refractivity contribution in [1.29, 1.82) is 0 Å². The SMILES string of the molecule is C#Cc1ccc(C(=C)Nc2cc(NC(=O)C3CC3(Cl)Cl)ccc2Cl)c(C)c1.CC.CC.CC(C)(F)c1cccc(C(C)(F)F)c1. The number of carbonyl (C=O) groups excluding carboxylic acids is 1. The van der Waals surface area contributed by atoms with E-state index in [2.05, 4.69) is 23.1 Å². The smallest absolute Gasteiger partial charge is 0.270 e. The highest BCUT2D eigenvalue weighted by molar-refractivity contribution is 6.52. The van der Waals surface area contributed by atoms with E-state index in [0.717, 1.165) is 23.6 Å². The van der Waals surface area contributed by atoms with Crippen LogP contribution in [0.25, 0.3) is 5.70 Å². The van der Waals surface area contributed by atoms with Crippen LogP contribution in [0.15, 0.2) is 67.2 Å². The van der Waals surface area contributed by atoms with Crippen LogP contribution in [0.2, 0.25) is 5.02 Å². The molecular formula is C36H42Cl3F3N2O. The molecule has 1 fully saturated rings. The molecule has 0 saturated heterocycles. The molecule has 0 aliphatic heterocycles. The summed E-state index contributed by atoms with van der Waals surface area (Å²) in [5, 5.41) is 6.51. The molecule has 2 N–H and O–H groups in total. The van der Waals surface area contributed by atoms with Crippen LogP contribution in [0.3, 0.4) is 0 Å². The molecule has 1 aliphatic rings. The molecule has 0 radical (unpaired) electrons. The highest BCUT2D eigenvalue weighted by atomic mass is 35.5. The summed E-state index contributed by atoms with van der Waals surface area (Å²) < 4.78 is 38.3. The number of carbonyl (C=O) groups is 1. The minimum Gasteiger partial charge on any atom is -0.354 e. The summed E-state index contributed by atoms with van der Waals surface area (Å²) in [6, 6.07) is 16.3. The lowest BCUT2D eigenvalue weighted by molar-refractivity contribution is -0.117. The first-order chi connectivity index (χ1) is 20.9. The van der Waals surface area contributed by atoms with E-state index in [0.29, 0.717) is 28.5 Å². The van der Waals surface area contributed by atoms with Crippen LogP contribution < -0.4 is 10.6 Å². The summed E-state index contributed by atoms with van der Waals surface area (Å²) in [5.74, 6) is -0.925. The Labute approximate surface area is 281 Å². The number of hydrogen-bond acceptors (Lipinski definition) is 2. The van der Waals surface area contributed by atoms with Gasteiger partial charge in [0, 0.05) is 35.0 Å². The largest absolute Gasteiger partial charge is 0.354 e. The number of nitrogens with one attached hydrogen (secondary N) is 2. The zero-order valence-corrected chi connectivity index (χ0v) is 29.3. The molecule has 1 saturated carbocycles. The average Bonchev–Trinajstić information content (AvgIpc) is 3.64. The third-order valence-electron chi connectivity index (χ3n) is 6.44. The Morgan fingerprint density at radius 3 is 2.02 bits per heavy atom. The zero-order chi connectivity index (χ0) is 34.8. The summed E-state index contributed by atoms with van der Waals surface area (Å²) in [6.07, 6.45) is 5.88. The molecule has 1 atom stereocenters. The predicted molar refractivity (Wildman–Crippen MR) is 187 cm³/mol. The number of halogens is 6. The Bertz CT molecular complexity index is 1470. The molecule has 3 aromatic carbocycles. The van der Waals surface area contributed by atoms with E-state index in [-0.39, 0.29) is 17.0 Å². The van der Waals surface area contributed by atoms with E-state index < -0.39 is 21.8 Å². The van der Waals surface area contributed by atoms with E-state index in [1.165, 1.54) is 38.1 Å². The number of benzene rings is 3. The van der Waals surface area contributed by atoms with Gasteiger partial charge in [-0.2, -0.15) is 0 Å². The Morgan fingerprint density at radius 2 is 1.53 bits per heavy atom. The van der Waals surface area contributed by atoms with Gasteiger partial charge in [-0.1, -0.05) is 76.1 Å². The van der Waals surface area contributed by atoms with Crippen molar-refractivity contribution in [3.05, 3.63) is 100 Å². The van der Waals surface area contributed by atoms with Gasteiger partial charge in [0.25, 0.3) is 5.92 Å². The summed E-state index contributed by atoms with van der Waals surface area (Å²) in [6.45, 7) is 17.5. The van der Waals surface area contributed by atoms with Gasteiger partial charge < -0.3 is 10.6 Å². The van der Waals surface area contributed by atoms with Gasteiger partial charge in [-0.15, -0.1) is 29.6 Å². The van der Waals surface area contributed by atoms with Crippen molar-refractivity contribution in [2.75, 3.05) is 10.6 Å². The monoisotopic (exact) mass is 680 g/mol. The van der Waals surface area contributed by atoms with E-state index in [4.69, 9.17) is 41.2 Å². The summed E-state index contributed by atoms with van der Waals surface area (Å²) in [5.41, 5.74) is 3.16. The molecular weight excluding hydrogens is 640 g/mol. The van der Waals surface area contributed by atoms with Crippen molar-refractivity contribution in [3.8, 4) is 12.3 Å². The molecule has 1 unspecified atom stereocenters. The summed E-state index contributed by atoms with van der Waals surface area (Å²) in [7, 11) is 0. The second kappa shape index (κ2) is 17.0. The molecule has 1 amide bonds. The minimum absolute atomic E-state index is 0.152. The Morgan fingerprint density at radius 1 is 0.956 bits per heavy atom. The second-order valence-electron chi connectivity index (χ2n) is 10.4. The number of anilines is 2. The fraction of sp³-hybridized carbons (Fsp3) is 0.361. The predicted octanol–water partition coefficient (Wildman–Crippen LogP) is 11.9. The molecule has 244 valence electrons. The first kappa shape index (κ1) is 39.9. The van der Waals surface area contributed by atoms with Crippen LogP contribution >= 0.6 is 34.8 Å². The standard InChI is InChI=1S/C21H17Cl3N2O.C11H13F3.2C2H6/c1-4-14-5-7-16(12(2)9-14)13(3)25-19-10-15(6-8-18(19)22)26-20(27)17-11-21(17,23)24;1-10(2,12)8-5-4-6-9(7-8)11(3,13)14;2*1-2/h1,5-10,17,25H,3,11H2,2H3,(H,26,27);4-7H,1-3H3;2*1-2H3. The highest BCUT2D eigenvalue weighted by Gasteiger charge is 2.56. The molecule has 4 rings (SSSR count). The molecule has 3 nitrogen and oxygen atoms in total. The Kier molecular flexibility index (Phi) is 15.1. The van der Waals surface area contributed by atoms with Crippen LogP contribution in [-0.2, 0) is 16.4 Å². The van der Waals surface area contributed by atoms with Crippen molar-refractivity contribution < 1.29 is 18.0 Å². The molecule has 9 heteroatoms. The fourth-order valence-corrected chi connectivity index (χ4v) is 4.58. The number of amides is 1. The van der Waals surface area contributed by atoms with Gasteiger partial charge in [0.15, 0.2) is 0 Å². The van der Waals surface area contributed by atoms with Gasteiger partial charge in [-0.25, -0.2) is 13.2 Å². The molecule has 0 spiro atoms. The maximum absolute atomic E-state index is 13.4. The number of rotatable bonds is 7. The number of terminal acetylenes is 1. The first-order valence-electron chi connectivity index (χ1n) is 14.6. The van der Waals surface area contributed by atoms with Crippen LogP contribution in [0.4, 0.5) is 24.5 Å². The molecule has 0 aromatic heterocycles. The zero-order valence-electron chi connectivity index (χ0n) is 27.0. The van der Waals surface area contributed by atoms with Gasteiger partial charge in [0.2, 0.25) is 5.91 Å². The minimum atomic E-state index is -2.92.